The van der Waals surface area contributed by atoms with Crippen LogP contribution in [0, 0.1) is 5.92 Å². The summed E-state index contributed by atoms with van der Waals surface area (Å²) in [5.74, 6) is 0.573. The van der Waals surface area contributed by atoms with E-state index in [1.807, 2.05) is 18.2 Å². The van der Waals surface area contributed by atoms with Crippen molar-refractivity contribution in [1.82, 2.24) is 10.2 Å². The maximum atomic E-state index is 12.9. The number of hydrogen-bond donors (Lipinski definition) is 2. The Labute approximate surface area is 180 Å². The number of ether oxygens (including phenoxy) is 1. The zero-order valence-corrected chi connectivity index (χ0v) is 17.6. The summed E-state index contributed by atoms with van der Waals surface area (Å²) in [6.07, 6.45) is 4.62. The highest BCUT2D eigenvalue weighted by atomic mass is 16.5. The predicted molar refractivity (Wildman–Crippen MR) is 113 cm³/mol. The van der Waals surface area contributed by atoms with Gasteiger partial charge in [-0.1, -0.05) is 19.1 Å². The van der Waals surface area contributed by atoms with E-state index in [1.54, 1.807) is 24.5 Å². The summed E-state index contributed by atoms with van der Waals surface area (Å²) >= 11 is 0. The zero-order chi connectivity index (χ0) is 21.8. The molecule has 0 radical (unpaired) electrons. The molecule has 0 bridgehead atoms. The number of carbonyl (C=O) groups is 3. The van der Waals surface area contributed by atoms with Crippen molar-refractivity contribution in [3.63, 3.8) is 0 Å². The van der Waals surface area contributed by atoms with Crippen molar-refractivity contribution in [1.29, 1.82) is 0 Å². The lowest BCUT2D eigenvalue weighted by Gasteiger charge is -2.33. The number of nitrogens with zero attached hydrogens (tertiary/aromatic N) is 1. The molecule has 1 aliphatic carbocycles. The van der Waals surface area contributed by atoms with Gasteiger partial charge in [0.05, 0.1) is 12.9 Å². The third kappa shape index (κ3) is 4.80. The molecule has 1 saturated heterocycles. The van der Waals surface area contributed by atoms with Crippen molar-refractivity contribution in [2.75, 3.05) is 11.9 Å². The van der Waals surface area contributed by atoms with Gasteiger partial charge in [0.15, 0.2) is 0 Å². The van der Waals surface area contributed by atoms with E-state index in [1.165, 1.54) is 0 Å². The van der Waals surface area contributed by atoms with Crippen LogP contribution in [-0.4, -0.2) is 34.8 Å². The smallest absolute Gasteiger partial charge is 0.325 e. The van der Waals surface area contributed by atoms with E-state index in [9.17, 15) is 14.4 Å². The standard InChI is InChI=1S/C23H27N3O5/c1-16-7-9-23(10-8-16)21(28)26(22(29)25-23)13-20(27)24-18-5-2-4-17(12-18)14-30-15-19-6-3-11-31-19/h2-6,11-12,16H,7-10,13-15H2,1H3,(H,24,27)(H,25,29). The van der Waals surface area contributed by atoms with Gasteiger partial charge in [0.25, 0.3) is 5.91 Å². The summed E-state index contributed by atoms with van der Waals surface area (Å²) in [6.45, 7) is 2.56. The molecule has 1 aliphatic heterocycles. The van der Waals surface area contributed by atoms with Gasteiger partial charge in [0.2, 0.25) is 5.91 Å². The summed E-state index contributed by atoms with van der Waals surface area (Å²) in [6, 6.07) is 10.4. The minimum Gasteiger partial charge on any atom is -0.467 e. The first kappa shape index (κ1) is 21.1. The second kappa shape index (κ2) is 8.93. The molecule has 4 amide bonds. The Kier molecular flexibility index (Phi) is 6.08. The van der Waals surface area contributed by atoms with Crippen LogP contribution >= 0.6 is 0 Å². The molecule has 1 aromatic carbocycles. The van der Waals surface area contributed by atoms with Crippen molar-refractivity contribution < 1.29 is 23.5 Å². The number of imide groups is 1. The summed E-state index contributed by atoms with van der Waals surface area (Å²) in [5, 5.41) is 5.60. The fourth-order valence-corrected chi connectivity index (χ4v) is 4.16. The van der Waals surface area contributed by atoms with Crippen molar-refractivity contribution in [2.24, 2.45) is 5.92 Å². The summed E-state index contributed by atoms with van der Waals surface area (Å²) in [7, 11) is 0. The van der Waals surface area contributed by atoms with E-state index < -0.39 is 17.5 Å². The number of nitrogens with one attached hydrogen (secondary N) is 2. The molecule has 2 N–H and O–H groups in total. The molecule has 2 fully saturated rings. The SMILES string of the molecule is CC1CCC2(CC1)NC(=O)N(CC(=O)Nc1cccc(COCc3ccco3)c1)C2=O. The molecule has 0 unspecified atom stereocenters. The van der Waals surface area contributed by atoms with Crippen LogP contribution in [-0.2, 0) is 27.5 Å². The second-order valence-corrected chi connectivity index (χ2v) is 8.41. The van der Waals surface area contributed by atoms with Crippen molar-refractivity contribution in [3.8, 4) is 0 Å². The highest BCUT2D eigenvalue weighted by molar-refractivity contribution is 6.10. The number of urea groups is 1. The van der Waals surface area contributed by atoms with Crippen LogP contribution in [0.2, 0.25) is 0 Å². The van der Waals surface area contributed by atoms with Crippen LogP contribution < -0.4 is 10.6 Å². The fraction of sp³-hybridized carbons (Fsp3) is 0.435. The number of furan rings is 1. The Morgan fingerprint density at radius 1 is 1.23 bits per heavy atom. The van der Waals surface area contributed by atoms with Crippen LogP contribution in [0.3, 0.4) is 0 Å². The molecule has 31 heavy (non-hydrogen) atoms. The molecular weight excluding hydrogens is 398 g/mol. The molecule has 4 rings (SSSR count). The number of carbonyl (C=O) groups excluding carboxylic acids is 3. The third-order valence-corrected chi connectivity index (χ3v) is 5.98. The number of benzene rings is 1. The van der Waals surface area contributed by atoms with Gasteiger partial charge < -0.3 is 19.8 Å². The van der Waals surface area contributed by atoms with Crippen LogP contribution in [0.4, 0.5) is 10.5 Å². The molecule has 1 saturated carbocycles. The highest BCUT2D eigenvalue weighted by Crippen LogP contribution is 2.36. The van der Waals surface area contributed by atoms with E-state index in [4.69, 9.17) is 9.15 Å². The molecule has 0 atom stereocenters. The van der Waals surface area contributed by atoms with Gasteiger partial charge in [0.1, 0.15) is 24.5 Å². The molecule has 2 heterocycles. The lowest BCUT2D eigenvalue weighted by Crippen LogP contribution is -2.49. The summed E-state index contributed by atoms with van der Waals surface area (Å²) in [4.78, 5) is 38.8. The summed E-state index contributed by atoms with van der Waals surface area (Å²) < 4.78 is 10.8. The van der Waals surface area contributed by atoms with Crippen LogP contribution in [0.25, 0.3) is 0 Å². The number of amides is 4. The van der Waals surface area contributed by atoms with Crippen LogP contribution in [0.5, 0.6) is 0 Å². The van der Waals surface area contributed by atoms with Gasteiger partial charge >= 0.3 is 6.03 Å². The average molecular weight is 425 g/mol. The largest absolute Gasteiger partial charge is 0.467 e. The van der Waals surface area contributed by atoms with E-state index in [0.717, 1.165) is 29.1 Å². The van der Waals surface area contributed by atoms with Crippen molar-refractivity contribution in [2.45, 2.75) is 51.4 Å². The zero-order valence-electron chi connectivity index (χ0n) is 17.6. The number of anilines is 1. The van der Waals surface area contributed by atoms with Crippen molar-refractivity contribution >= 4 is 23.5 Å². The maximum absolute atomic E-state index is 12.9. The molecule has 8 nitrogen and oxygen atoms in total. The van der Waals surface area contributed by atoms with Gasteiger partial charge in [-0.2, -0.15) is 0 Å². The first-order valence-corrected chi connectivity index (χ1v) is 10.6. The van der Waals surface area contributed by atoms with Gasteiger partial charge in [-0.25, -0.2) is 4.79 Å². The minimum absolute atomic E-state index is 0.292. The fourth-order valence-electron chi connectivity index (χ4n) is 4.16. The van der Waals surface area contributed by atoms with Gasteiger partial charge in [-0.05, 0) is 61.4 Å². The molecule has 1 spiro atoms. The van der Waals surface area contributed by atoms with Crippen LogP contribution in [0.15, 0.2) is 47.1 Å². The predicted octanol–water partition coefficient (Wildman–Crippen LogP) is 3.44. The van der Waals surface area contributed by atoms with E-state index in [0.29, 0.717) is 37.7 Å². The Balaban J connectivity index is 1.31. The highest BCUT2D eigenvalue weighted by Gasteiger charge is 2.52. The summed E-state index contributed by atoms with van der Waals surface area (Å²) in [5.41, 5.74) is 0.627. The Bertz CT molecular complexity index is 948. The average Bonchev–Trinajstić information content (AvgIpc) is 3.34. The van der Waals surface area contributed by atoms with E-state index >= 15 is 0 Å². The second-order valence-electron chi connectivity index (χ2n) is 8.41. The van der Waals surface area contributed by atoms with E-state index in [2.05, 4.69) is 17.6 Å². The minimum atomic E-state index is -0.838. The third-order valence-electron chi connectivity index (χ3n) is 5.98. The number of hydrogen-bond acceptors (Lipinski definition) is 5. The Morgan fingerprint density at radius 3 is 2.77 bits per heavy atom. The topological polar surface area (TPSA) is 101 Å². The van der Waals surface area contributed by atoms with Crippen molar-refractivity contribution in [3.05, 3.63) is 54.0 Å². The molecule has 8 heteroatoms. The Morgan fingerprint density at radius 2 is 2.03 bits per heavy atom. The Hall–Kier alpha value is -3.13. The maximum Gasteiger partial charge on any atom is 0.325 e. The normalized spacial score (nSPS) is 23.3. The number of rotatable bonds is 7. The van der Waals surface area contributed by atoms with Gasteiger partial charge in [0, 0.05) is 5.69 Å². The monoisotopic (exact) mass is 425 g/mol. The molecule has 164 valence electrons. The van der Waals surface area contributed by atoms with Gasteiger partial charge in [-0.3, -0.25) is 14.5 Å². The first-order chi connectivity index (χ1) is 14.9. The van der Waals surface area contributed by atoms with Gasteiger partial charge in [-0.15, -0.1) is 0 Å². The first-order valence-electron chi connectivity index (χ1n) is 10.6. The lowest BCUT2D eigenvalue weighted by molar-refractivity contribution is -0.135. The lowest BCUT2D eigenvalue weighted by atomic mass is 9.77. The quantitative estimate of drug-likeness (QED) is 0.662. The molecule has 2 aliphatic rings. The van der Waals surface area contributed by atoms with Crippen LogP contribution in [0.1, 0.15) is 43.9 Å². The molecule has 1 aromatic heterocycles. The van der Waals surface area contributed by atoms with E-state index in [-0.39, 0.29) is 12.5 Å². The molecule has 2 aromatic rings. The molecular formula is C23H27N3O5.